The Bertz CT molecular complexity index is 383. The fraction of sp³-hybridized carbons (Fsp3) is 0.750. The summed E-state index contributed by atoms with van der Waals surface area (Å²) in [6.45, 7) is 4.54. The number of nitrogens with zero attached hydrogens (tertiary/aromatic N) is 2. The molecule has 0 aromatic carbocycles. The molecular formula is C12H21N3O5. The number of carbonyl (C=O) groups excluding carboxylic acids is 2. The summed E-state index contributed by atoms with van der Waals surface area (Å²) in [5, 5.41) is 20.8. The first-order valence-electron chi connectivity index (χ1n) is 6.63. The van der Waals surface area contributed by atoms with Crippen molar-refractivity contribution in [1.82, 2.24) is 15.1 Å². The van der Waals surface area contributed by atoms with E-state index in [0.29, 0.717) is 13.1 Å². The van der Waals surface area contributed by atoms with E-state index in [9.17, 15) is 19.5 Å². The first-order valence-corrected chi connectivity index (χ1v) is 6.63. The molecule has 0 unspecified atom stereocenters. The van der Waals surface area contributed by atoms with Gasteiger partial charge < -0.3 is 25.3 Å². The van der Waals surface area contributed by atoms with E-state index in [-0.39, 0.29) is 25.4 Å². The number of aliphatic carboxylic acids is 1. The summed E-state index contributed by atoms with van der Waals surface area (Å²) in [7, 11) is 0. The van der Waals surface area contributed by atoms with Gasteiger partial charge in [0, 0.05) is 26.1 Å². The fourth-order valence-electron chi connectivity index (χ4n) is 2.21. The van der Waals surface area contributed by atoms with Crippen LogP contribution in [0.1, 0.15) is 20.3 Å². The Morgan fingerprint density at radius 1 is 1.30 bits per heavy atom. The second-order valence-corrected chi connectivity index (χ2v) is 4.62. The van der Waals surface area contributed by atoms with Crippen molar-refractivity contribution in [2.24, 2.45) is 0 Å². The molecule has 3 amide bonds. The molecule has 0 spiro atoms. The minimum atomic E-state index is -1.16. The zero-order valence-corrected chi connectivity index (χ0v) is 11.7. The molecule has 1 heterocycles. The molecule has 0 radical (unpaired) electrons. The number of β-amino-alcohol motifs (C(OH)–C–C–N with tert-alkyl or cyclic N) is 1. The van der Waals surface area contributed by atoms with E-state index in [2.05, 4.69) is 5.32 Å². The van der Waals surface area contributed by atoms with Gasteiger partial charge in [-0.3, -0.25) is 4.79 Å². The van der Waals surface area contributed by atoms with Crippen LogP contribution in [-0.4, -0.2) is 76.2 Å². The highest BCUT2D eigenvalue weighted by atomic mass is 16.4. The van der Waals surface area contributed by atoms with Crippen LogP contribution < -0.4 is 5.32 Å². The number of rotatable bonds is 5. The van der Waals surface area contributed by atoms with Crippen molar-refractivity contribution in [1.29, 1.82) is 0 Å². The van der Waals surface area contributed by atoms with Gasteiger partial charge in [0.25, 0.3) is 0 Å². The molecule has 114 valence electrons. The third-order valence-corrected chi connectivity index (χ3v) is 3.33. The minimum absolute atomic E-state index is 0.00669. The number of hydrogen-bond acceptors (Lipinski definition) is 4. The van der Waals surface area contributed by atoms with Crippen molar-refractivity contribution in [3.05, 3.63) is 0 Å². The van der Waals surface area contributed by atoms with Crippen LogP contribution >= 0.6 is 0 Å². The highest BCUT2D eigenvalue weighted by Crippen LogP contribution is 2.17. The topological polar surface area (TPSA) is 110 Å². The van der Waals surface area contributed by atoms with Crippen LogP contribution in [0.25, 0.3) is 0 Å². The summed E-state index contributed by atoms with van der Waals surface area (Å²) in [6, 6.07) is -1.69. The van der Waals surface area contributed by atoms with Crippen LogP contribution in [0.2, 0.25) is 0 Å². The number of carboxylic acids is 1. The standard InChI is InChI=1S/C12H21N3O5/c1-3-14(4-2)10(17)6-13-12(20)15-7-8(16)5-9(15)11(18)19/h8-9,16H,3-7H2,1-2H3,(H,13,20)(H,18,19)/t8-,9-/m1/s1. The molecule has 8 nitrogen and oxygen atoms in total. The summed E-state index contributed by atoms with van der Waals surface area (Å²) in [5.74, 6) is -1.39. The quantitative estimate of drug-likeness (QED) is 0.606. The molecule has 0 aliphatic carbocycles. The number of amides is 3. The lowest BCUT2D eigenvalue weighted by atomic mass is 10.2. The molecule has 20 heavy (non-hydrogen) atoms. The summed E-state index contributed by atoms with van der Waals surface area (Å²) >= 11 is 0. The number of aliphatic hydroxyl groups excluding tert-OH is 1. The lowest BCUT2D eigenvalue weighted by Crippen LogP contribution is -2.49. The zero-order valence-electron chi connectivity index (χ0n) is 11.7. The Morgan fingerprint density at radius 3 is 2.40 bits per heavy atom. The van der Waals surface area contributed by atoms with E-state index in [1.807, 2.05) is 13.8 Å². The van der Waals surface area contributed by atoms with Crippen molar-refractivity contribution >= 4 is 17.9 Å². The van der Waals surface area contributed by atoms with E-state index >= 15 is 0 Å². The lowest BCUT2D eigenvalue weighted by Gasteiger charge is -2.23. The van der Waals surface area contributed by atoms with Crippen molar-refractivity contribution in [2.75, 3.05) is 26.2 Å². The highest BCUT2D eigenvalue weighted by Gasteiger charge is 2.39. The summed E-state index contributed by atoms with van der Waals surface area (Å²) in [4.78, 5) is 37.2. The highest BCUT2D eigenvalue weighted by molar-refractivity contribution is 5.87. The average Bonchev–Trinajstić information content (AvgIpc) is 2.79. The maximum Gasteiger partial charge on any atom is 0.326 e. The van der Waals surface area contributed by atoms with Crippen LogP contribution in [0.3, 0.4) is 0 Å². The summed E-state index contributed by atoms with van der Waals surface area (Å²) in [5.41, 5.74) is 0. The van der Waals surface area contributed by atoms with Crippen molar-refractivity contribution in [3.8, 4) is 0 Å². The number of hydrogen-bond donors (Lipinski definition) is 3. The molecule has 3 N–H and O–H groups in total. The predicted molar refractivity (Wildman–Crippen MR) is 70.1 cm³/mol. The monoisotopic (exact) mass is 287 g/mol. The number of urea groups is 1. The Kier molecular flexibility index (Phi) is 5.75. The third kappa shape index (κ3) is 3.83. The second-order valence-electron chi connectivity index (χ2n) is 4.62. The Balaban J connectivity index is 2.54. The molecular weight excluding hydrogens is 266 g/mol. The van der Waals surface area contributed by atoms with Gasteiger partial charge in [-0.25, -0.2) is 9.59 Å². The number of likely N-dealkylation sites (tertiary alicyclic amines) is 1. The van der Waals surface area contributed by atoms with Crippen LogP contribution in [0.5, 0.6) is 0 Å². The minimum Gasteiger partial charge on any atom is -0.480 e. The number of nitrogens with one attached hydrogen (secondary N) is 1. The molecule has 1 aliphatic rings. The predicted octanol–water partition coefficient (Wildman–Crippen LogP) is -0.916. The van der Waals surface area contributed by atoms with Crippen LogP contribution in [0, 0.1) is 0 Å². The van der Waals surface area contributed by atoms with E-state index in [0.717, 1.165) is 4.90 Å². The van der Waals surface area contributed by atoms with Crippen molar-refractivity contribution < 1.29 is 24.6 Å². The number of carbonyl (C=O) groups is 3. The molecule has 1 fully saturated rings. The Hall–Kier alpha value is -1.83. The van der Waals surface area contributed by atoms with Gasteiger partial charge >= 0.3 is 12.0 Å². The molecule has 0 aromatic rings. The van der Waals surface area contributed by atoms with Crippen molar-refractivity contribution in [2.45, 2.75) is 32.4 Å². The van der Waals surface area contributed by atoms with Gasteiger partial charge in [0.1, 0.15) is 6.04 Å². The number of likely N-dealkylation sites (N-methyl/N-ethyl adjacent to an activating group) is 1. The maximum absolute atomic E-state index is 11.9. The molecule has 8 heteroatoms. The molecule has 0 bridgehead atoms. The van der Waals surface area contributed by atoms with E-state index in [1.54, 1.807) is 4.90 Å². The van der Waals surface area contributed by atoms with Crippen LogP contribution in [-0.2, 0) is 9.59 Å². The molecule has 0 saturated carbocycles. The first kappa shape index (κ1) is 16.2. The Labute approximate surface area is 117 Å². The summed E-state index contributed by atoms with van der Waals surface area (Å²) in [6.07, 6.45) is -0.840. The second kappa shape index (κ2) is 7.09. The van der Waals surface area contributed by atoms with Crippen molar-refractivity contribution in [3.63, 3.8) is 0 Å². The van der Waals surface area contributed by atoms with E-state index < -0.39 is 24.1 Å². The normalized spacial score (nSPS) is 21.6. The number of aliphatic hydroxyl groups is 1. The van der Waals surface area contributed by atoms with Gasteiger partial charge in [0.15, 0.2) is 0 Å². The van der Waals surface area contributed by atoms with E-state index in [1.165, 1.54) is 0 Å². The number of carboxylic acid groups (broad SMARTS) is 1. The largest absolute Gasteiger partial charge is 0.480 e. The molecule has 2 atom stereocenters. The average molecular weight is 287 g/mol. The molecule has 1 aliphatic heterocycles. The van der Waals surface area contributed by atoms with Gasteiger partial charge in [-0.1, -0.05) is 0 Å². The SMILES string of the molecule is CCN(CC)C(=O)CNC(=O)N1C[C@H](O)C[C@@H]1C(=O)O. The molecule has 1 rings (SSSR count). The van der Waals surface area contributed by atoms with Gasteiger partial charge in [-0.05, 0) is 13.8 Å². The molecule has 1 saturated heterocycles. The van der Waals surface area contributed by atoms with Gasteiger partial charge in [-0.2, -0.15) is 0 Å². The van der Waals surface area contributed by atoms with E-state index in [4.69, 9.17) is 5.11 Å². The van der Waals surface area contributed by atoms with Gasteiger partial charge in [-0.15, -0.1) is 0 Å². The van der Waals surface area contributed by atoms with Gasteiger partial charge in [0.2, 0.25) is 5.91 Å². The van der Waals surface area contributed by atoms with Gasteiger partial charge in [0.05, 0.1) is 12.6 Å². The summed E-state index contributed by atoms with van der Waals surface area (Å²) < 4.78 is 0. The zero-order chi connectivity index (χ0) is 15.3. The van der Waals surface area contributed by atoms with Crippen LogP contribution in [0.15, 0.2) is 0 Å². The lowest BCUT2D eigenvalue weighted by molar-refractivity contribution is -0.141. The van der Waals surface area contributed by atoms with Crippen LogP contribution in [0.4, 0.5) is 4.79 Å². The first-order chi connectivity index (χ1) is 9.40. The smallest absolute Gasteiger partial charge is 0.326 e. The fourth-order valence-corrected chi connectivity index (χ4v) is 2.21. The Morgan fingerprint density at radius 2 is 1.90 bits per heavy atom. The third-order valence-electron chi connectivity index (χ3n) is 3.33. The maximum atomic E-state index is 11.9. The molecule has 0 aromatic heterocycles.